The Hall–Kier alpha value is -1.34. The van der Waals surface area contributed by atoms with Gasteiger partial charge in [0.2, 0.25) is 0 Å². The second kappa shape index (κ2) is 5.13. The Morgan fingerprint density at radius 1 is 1.12 bits per heavy atom. The maximum Gasteiger partial charge on any atom is 0.0524 e. The Morgan fingerprint density at radius 3 is 2.44 bits per heavy atom. The first-order valence-electron chi connectivity index (χ1n) is 5.34. The van der Waals surface area contributed by atoms with Crippen LogP contribution in [0.4, 0.5) is 0 Å². The third-order valence-corrected chi connectivity index (χ3v) is 2.77. The van der Waals surface area contributed by atoms with Crippen LogP contribution in [0.15, 0.2) is 48.7 Å². The summed E-state index contributed by atoms with van der Waals surface area (Å²) in [6.07, 6.45) is 2.78. The fourth-order valence-corrected chi connectivity index (χ4v) is 1.85. The summed E-state index contributed by atoms with van der Waals surface area (Å²) in [7, 11) is 0. The van der Waals surface area contributed by atoms with Gasteiger partial charge >= 0.3 is 0 Å². The molecule has 2 heteroatoms. The van der Waals surface area contributed by atoms with Crippen LogP contribution in [-0.4, -0.2) is 4.98 Å². The minimum atomic E-state index is 0.764. The molecule has 0 aliphatic heterocycles. The fourth-order valence-electron chi connectivity index (χ4n) is 1.73. The standard InChI is InChI=1S/C14H13ClN/c1-2-13(14-5-3-4-10-16-14)11-6-8-12(15)9-7-11/h3-10H,2H2,1H3. The van der Waals surface area contributed by atoms with Crippen molar-refractivity contribution in [3.63, 3.8) is 0 Å². The lowest BCUT2D eigenvalue weighted by Gasteiger charge is -2.13. The molecular formula is C14H13ClN. The highest BCUT2D eigenvalue weighted by Crippen LogP contribution is 2.25. The van der Waals surface area contributed by atoms with Crippen LogP contribution in [0.1, 0.15) is 24.6 Å². The lowest BCUT2D eigenvalue weighted by atomic mass is 9.93. The van der Waals surface area contributed by atoms with Gasteiger partial charge in [0.1, 0.15) is 0 Å². The van der Waals surface area contributed by atoms with Gasteiger partial charge in [0.05, 0.1) is 11.6 Å². The van der Waals surface area contributed by atoms with Crippen LogP contribution in [0.2, 0.25) is 5.02 Å². The number of nitrogens with zero attached hydrogens (tertiary/aromatic N) is 1. The Morgan fingerprint density at radius 2 is 1.88 bits per heavy atom. The van der Waals surface area contributed by atoms with Crippen LogP contribution in [0.5, 0.6) is 0 Å². The SMILES string of the molecule is CC[C](c1ccc(Cl)cc1)c1ccccn1. The molecule has 0 aliphatic carbocycles. The quantitative estimate of drug-likeness (QED) is 0.773. The van der Waals surface area contributed by atoms with Crippen LogP contribution in [0, 0.1) is 5.92 Å². The summed E-state index contributed by atoms with van der Waals surface area (Å²) in [5, 5.41) is 0.764. The van der Waals surface area contributed by atoms with E-state index in [2.05, 4.69) is 11.9 Å². The van der Waals surface area contributed by atoms with E-state index in [4.69, 9.17) is 11.6 Å². The Kier molecular flexibility index (Phi) is 3.58. The number of rotatable bonds is 3. The minimum Gasteiger partial charge on any atom is -0.260 e. The van der Waals surface area contributed by atoms with E-state index in [1.54, 1.807) is 0 Å². The van der Waals surface area contributed by atoms with Crippen molar-refractivity contribution in [1.82, 2.24) is 4.98 Å². The van der Waals surface area contributed by atoms with Crippen LogP contribution >= 0.6 is 11.6 Å². The molecule has 0 saturated heterocycles. The van der Waals surface area contributed by atoms with Crippen LogP contribution in [0.3, 0.4) is 0 Å². The van der Waals surface area contributed by atoms with Gasteiger partial charge in [-0.2, -0.15) is 0 Å². The van der Waals surface area contributed by atoms with Crippen LogP contribution < -0.4 is 0 Å². The van der Waals surface area contributed by atoms with E-state index < -0.39 is 0 Å². The molecule has 1 heterocycles. The van der Waals surface area contributed by atoms with Crippen molar-refractivity contribution in [2.45, 2.75) is 13.3 Å². The van der Waals surface area contributed by atoms with Gasteiger partial charge < -0.3 is 0 Å². The highest BCUT2D eigenvalue weighted by Gasteiger charge is 2.13. The van der Waals surface area contributed by atoms with Crippen molar-refractivity contribution in [3.8, 4) is 0 Å². The van der Waals surface area contributed by atoms with E-state index in [0.717, 1.165) is 17.1 Å². The van der Waals surface area contributed by atoms with E-state index >= 15 is 0 Å². The van der Waals surface area contributed by atoms with E-state index in [9.17, 15) is 0 Å². The number of aromatic nitrogens is 1. The molecule has 0 unspecified atom stereocenters. The average molecular weight is 231 g/mol. The summed E-state index contributed by atoms with van der Waals surface area (Å²) in [6.45, 7) is 2.14. The van der Waals surface area contributed by atoms with Crippen LogP contribution in [0.25, 0.3) is 0 Å². The Balaban J connectivity index is 2.33. The molecule has 1 aromatic carbocycles. The molecule has 0 N–H and O–H groups in total. The summed E-state index contributed by atoms with van der Waals surface area (Å²) < 4.78 is 0. The van der Waals surface area contributed by atoms with E-state index in [-0.39, 0.29) is 0 Å². The zero-order valence-corrected chi connectivity index (χ0v) is 9.91. The molecule has 2 aromatic rings. The first kappa shape index (κ1) is 11.2. The first-order chi connectivity index (χ1) is 7.81. The van der Waals surface area contributed by atoms with Crippen molar-refractivity contribution in [1.29, 1.82) is 0 Å². The van der Waals surface area contributed by atoms with E-state index in [0.29, 0.717) is 0 Å². The van der Waals surface area contributed by atoms with Gasteiger partial charge in [-0.05, 0) is 36.2 Å². The van der Waals surface area contributed by atoms with Crippen molar-refractivity contribution in [2.75, 3.05) is 0 Å². The fraction of sp³-hybridized carbons (Fsp3) is 0.143. The number of hydrogen-bond donors (Lipinski definition) is 0. The number of hydrogen-bond acceptors (Lipinski definition) is 1. The van der Waals surface area contributed by atoms with Gasteiger partial charge in [0, 0.05) is 11.2 Å². The van der Waals surface area contributed by atoms with Crippen molar-refractivity contribution in [2.24, 2.45) is 0 Å². The number of benzene rings is 1. The molecule has 0 fully saturated rings. The second-order valence-electron chi connectivity index (χ2n) is 3.55. The minimum absolute atomic E-state index is 0.764. The van der Waals surface area contributed by atoms with Crippen molar-refractivity contribution >= 4 is 11.6 Å². The third-order valence-electron chi connectivity index (χ3n) is 2.52. The van der Waals surface area contributed by atoms with Gasteiger partial charge in [-0.15, -0.1) is 0 Å². The van der Waals surface area contributed by atoms with E-state index in [1.165, 1.54) is 11.5 Å². The zero-order chi connectivity index (χ0) is 11.4. The molecule has 1 radical (unpaired) electrons. The summed E-state index contributed by atoms with van der Waals surface area (Å²) in [5.41, 5.74) is 2.22. The monoisotopic (exact) mass is 230 g/mol. The Labute approximate surface area is 101 Å². The van der Waals surface area contributed by atoms with Crippen LogP contribution in [-0.2, 0) is 0 Å². The first-order valence-corrected chi connectivity index (χ1v) is 5.72. The molecule has 1 nitrogen and oxygen atoms in total. The molecule has 0 aliphatic rings. The van der Waals surface area contributed by atoms with E-state index in [1.807, 2.05) is 48.7 Å². The van der Waals surface area contributed by atoms with Gasteiger partial charge in [-0.3, -0.25) is 4.98 Å². The summed E-state index contributed by atoms with van der Waals surface area (Å²) in [6, 6.07) is 13.9. The molecule has 16 heavy (non-hydrogen) atoms. The van der Waals surface area contributed by atoms with Gasteiger partial charge in [0.15, 0.2) is 0 Å². The maximum atomic E-state index is 5.88. The molecule has 2 rings (SSSR count). The predicted octanol–water partition coefficient (Wildman–Crippen LogP) is 4.12. The van der Waals surface area contributed by atoms with Crippen molar-refractivity contribution < 1.29 is 0 Å². The lowest BCUT2D eigenvalue weighted by molar-refractivity contribution is 0.951. The summed E-state index contributed by atoms with van der Waals surface area (Å²) in [4.78, 5) is 4.38. The summed E-state index contributed by atoms with van der Waals surface area (Å²) >= 11 is 5.88. The van der Waals surface area contributed by atoms with Gasteiger partial charge in [-0.1, -0.05) is 36.7 Å². The zero-order valence-electron chi connectivity index (χ0n) is 9.15. The molecule has 81 valence electrons. The molecule has 0 atom stereocenters. The molecule has 0 saturated carbocycles. The smallest absolute Gasteiger partial charge is 0.0524 e. The average Bonchev–Trinajstić information content (AvgIpc) is 2.34. The highest BCUT2D eigenvalue weighted by molar-refractivity contribution is 6.30. The molecule has 0 amide bonds. The van der Waals surface area contributed by atoms with Crippen molar-refractivity contribution in [3.05, 3.63) is 70.9 Å². The molecule has 0 spiro atoms. The lowest BCUT2D eigenvalue weighted by Crippen LogP contribution is -2.02. The highest BCUT2D eigenvalue weighted by atomic mass is 35.5. The predicted molar refractivity (Wildman–Crippen MR) is 67.4 cm³/mol. The molecular weight excluding hydrogens is 218 g/mol. The second-order valence-corrected chi connectivity index (χ2v) is 3.99. The number of halogens is 1. The maximum absolute atomic E-state index is 5.88. The summed E-state index contributed by atoms with van der Waals surface area (Å²) in [5.74, 6) is 1.25. The largest absolute Gasteiger partial charge is 0.260 e. The van der Waals surface area contributed by atoms with Gasteiger partial charge in [0.25, 0.3) is 0 Å². The third kappa shape index (κ3) is 2.42. The molecule has 1 aromatic heterocycles. The molecule has 0 bridgehead atoms. The topological polar surface area (TPSA) is 12.9 Å². The van der Waals surface area contributed by atoms with Gasteiger partial charge in [-0.25, -0.2) is 0 Å². The Bertz CT molecular complexity index is 436. The number of pyridine rings is 1. The normalized spacial score (nSPS) is 10.7.